The zero-order valence-electron chi connectivity index (χ0n) is 11.2. The van der Waals surface area contributed by atoms with Crippen molar-refractivity contribution in [2.45, 2.75) is 32.1 Å². The molecule has 4 nitrogen and oxygen atoms in total. The van der Waals surface area contributed by atoms with E-state index in [0.29, 0.717) is 5.56 Å². The van der Waals surface area contributed by atoms with Crippen molar-refractivity contribution in [1.82, 2.24) is 0 Å². The molecule has 0 bridgehead atoms. The van der Waals surface area contributed by atoms with E-state index < -0.39 is 18.0 Å². The van der Waals surface area contributed by atoms with Gasteiger partial charge in [0.15, 0.2) is 0 Å². The second-order valence-electron chi connectivity index (χ2n) is 4.91. The third kappa shape index (κ3) is 2.48. The number of aliphatic carboxylic acids is 1. The fraction of sp³-hybridized carbons (Fsp3) is 0.500. The number of benzene rings is 1. The Balaban J connectivity index is 3.35. The molecule has 1 aromatic carbocycles. The number of methoxy groups -OCH3 is 1. The topological polar surface area (TPSA) is 66.8 Å². The summed E-state index contributed by atoms with van der Waals surface area (Å²) in [6.45, 7) is 5.10. The van der Waals surface area contributed by atoms with Gasteiger partial charge in [-0.1, -0.05) is 26.0 Å². The van der Waals surface area contributed by atoms with E-state index in [1.54, 1.807) is 25.3 Å². The van der Waals surface area contributed by atoms with Crippen LogP contribution in [0.4, 0.5) is 0 Å². The first-order chi connectivity index (χ1) is 8.36. The van der Waals surface area contributed by atoms with E-state index >= 15 is 0 Å². The lowest BCUT2D eigenvalue weighted by Crippen LogP contribution is -2.36. The van der Waals surface area contributed by atoms with Crippen LogP contribution in [0.25, 0.3) is 0 Å². The van der Waals surface area contributed by atoms with Crippen LogP contribution in [0.3, 0.4) is 0 Å². The second-order valence-corrected chi connectivity index (χ2v) is 4.91. The fourth-order valence-corrected chi connectivity index (χ4v) is 1.81. The summed E-state index contributed by atoms with van der Waals surface area (Å²) < 4.78 is 5.26. The Hall–Kier alpha value is -1.55. The predicted octanol–water partition coefficient (Wildman–Crippen LogP) is 2.15. The molecule has 1 unspecified atom stereocenters. The largest absolute Gasteiger partial charge is 0.496 e. The van der Waals surface area contributed by atoms with Crippen LogP contribution in [0.5, 0.6) is 5.75 Å². The molecular weight excluding hydrogens is 232 g/mol. The number of carboxylic acids is 1. The van der Waals surface area contributed by atoms with Gasteiger partial charge in [-0.2, -0.15) is 0 Å². The lowest BCUT2D eigenvalue weighted by molar-refractivity contribution is -0.144. The molecule has 1 aromatic rings. The van der Waals surface area contributed by atoms with Crippen molar-refractivity contribution in [2.75, 3.05) is 13.7 Å². The summed E-state index contributed by atoms with van der Waals surface area (Å²) in [6, 6.07) is 5.24. The Bertz CT molecular complexity index is 439. The minimum Gasteiger partial charge on any atom is -0.496 e. The van der Waals surface area contributed by atoms with Gasteiger partial charge in [0.25, 0.3) is 0 Å². The third-order valence-electron chi connectivity index (χ3n) is 3.28. The zero-order valence-corrected chi connectivity index (χ0v) is 11.2. The van der Waals surface area contributed by atoms with E-state index in [2.05, 4.69) is 0 Å². The Kier molecular flexibility index (Phi) is 4.35. The van der Waals surface area contributed by atoms with Crippen molar-refractivity contribution in [1.29, 1.82) is 0 Å². The van der Waals surface area contributed by atoms with Gasteiger partial charge in [0, 0.05) is 0 Å². The number of carboxylic acid groups (broad SMARTS) is 1. The van der Waals surface area contributed by atoms with Gasteiger partial charge in [-0.05, 0) is 30.0 Å². The van der Waals surface area contributed by atoms with E-state index in [9.17, 15) is 15.0 Å². The van der Waals surface area contributed by atoms with Crippen molar-refractivity contribution < 1.29 is 19.7 Å². The van der Waals surface area contributed by atoms with Crippen LogP contribution in [0.2, 0.25) is 0 Å². The van der Waals surface area contributed by atoms with Crippen molar-refractivity contribution in [2.24, 2.45) is 0 Å². The molecule has 0 aromatic heterocycles. The molecular formula is C14H20O4. The maximum atomic E-state index is 11.3. The first kappa shape index (κ1) is 14.5. The average molecular weight is 252 g/mol. The number of aliphatic hydroxyl groups is 1. The summed E-state index contributed by atoms with van der Waals surface area (Å²) in [6.07, 6.45) is 0. The van der Waals surface area contributed by atoms with E-state index in [1.165, 1.54) is 6.92 Å². The van der Waals surface area contributed by atoms with Crippen LogP contribution in [0.15, 0.2) is 18.2 Å². The number of aliphatic hydroxyl groups excluding tert-OH is 1. The molecule has 0 spiro atoms. The quantitative estimate of drug-likeness (QED) is 0.842. The number of hydrogen-bond acceptors (Lipinski definition) is 3. The zero-order chi connectivity index (χ0) is 13.9. The maximum absolute atomic E-state index is 11.3. The number of ether oxygens (including phenoxy) is 1. The highest BCUT2D eigenvalue weighted by atomic mass is 16.5. The Morgan fingerprint density at radius 3 is 2.44 bits per heavy atom. The third-order valence-corrected chi connectivity index (χ3v) is 3.28. The van der Waals surface area contributed by atoms with Crippen molar-refractivity contribution >= 4 is 5.97 Å². The molecule has 0 saturated heterocycles. The molecule has 18 heavy (non-hydrogen) atoms. The summed E-state index contributed by atoms with van der Waals surface area (Å²) in [5, 5.41) is 18.6. The monoisotopic (exact) mass is 252 g/mol. The molecule has 0 saturated carbocycles. The minimum absolute atomic E-state index is 0.219. The molecule has 0 heterocycles. The number of hydrogen-bond donors (Lipinski definition) is 2. The standard InChI is InChI=1S/C14H20O4/c1-9(2)11-7-10(5-6-12(11)18-4)14(3,8-15)13(16)17/h5-7,9,15H,8H2,1-4H3,(H,16,17). The SMILES string of the molecule is COc1ccc(C(C)(CO)C(=O)O)cc1C(C)C. The molecule has 1 rings (SSSR count). The fourth-order valence-electron chi connectivity index (χ4n) is 1.81. The Labute approximate surface area is 107 Å². The van der Waals surface area contributed by atoms with Gasteiger partial charge in [0.05, 0.1) is 13.7 Å². The smallest absolute Gasteiger partial charge is 0.316 e. The molecule has 0 radical (unpaired) electrons. The van der Waals surface area contributed by atoms with Crippen LogP contribution in [0.1, 0.15) is 37.8 Å². The second kappa shape index (κ2) is 5.40. The molecule has 0 aliphatic heterocycles. The van der Waals surface area contributed by atoms with Crippen LogP contribution in [-0.4, -0.2) is 29.9 Å². The lowest BCUT2D eigenvalue weighted by Gasteiger charge is -2.24. The van der Waals surface area contributed by atoms with Gasteiger partial charge in [0.1, 0.15) is 11.2 Å². The maximum Gasteiger partial charge on any atom is 0.316 e. The molecule has 0 amide bonds. The Morgan fingerprint density at radius 2 is 2.06 bits per heavy atom. The van der Waals surface area contributed by atoms with E-state index in [-0.39, 0.29) is 5.92 Å². The van der Waals surface area contributed by atoms with Crippen molar-refractivity contribution in [3.63, 3.8) is 0 Å². The summed E-state index contributed by atoms with van der Waals surface area (Å²) >= 11 is 0. The summed E-state index contributed by atoms with van der Waals surface area (Å²) in [5.74, 6) is -0.0825. The van der Waals surface area contributed by atoms with E-state index in [0.717, 1.165) is 11.3 Å². The van der Waals surface area contributed by atoms with Crippen molar-refractivity contribution in [3.8, 4) is 5.75 Å². The minimum atomic E-state index is -1.28. The number of carbonyl (C=O) groups is 1. The van der Waals surface area contributed by atoms with E-state index in [4.69, 9.17) is 4.74 Å². The van der Waals surface area contributed by atoms with Crippen LogP contribution < -0.4 is 4.74 Å². The molecule has 4 heteroatoms. The van der Waals surface area contributed by atoms with Gasteiger partial charge in [-0.25, -0.2) is 0 Å². The summed E-state index contributed by atoms with van der Waals surface area (Å²) in [4.78, 5) is 11.3. The predicted molar refractivity (Wildman–Crippen MR) is 69.2 cm³/mol. The van der Waals surface area contributed by atoms with Gasteiger partial charge >= 0.3 is 5.97 Å². The lowest BCUT2D eigenvalue weighted by atomic mass is 9.81. The summed E-state index contributed by atoms with van der Waals surface area (Å²) in [5.41, 5.74) is 0.244. The normalized spacial score (nSPS) is 14.3. The first-order valence-electron chi connectivity index (χ1n) is 5.89. The molecule has 0 fully saturated rings. The molecule has 0 aliphatic carbocycles. The van der Waals surface area contributed by atoms with Gasteiger partial charge in [0.2, 0.25) is 0 Å². The van der Waals surface area contributed by atoms with Gasteiger partial charge in [-0.15, -0.1) is 0 Å². The highest BCUT2D eigenvalue weighted by Gasteiger charge is 2.35. The molecule has 1 atom stereocenters. The van der Waals surface area contributed by atoms with E-state index in [1.807, 2.05) is 13.8 Å². The molecule has 2 N–H and O–H groups in total. The average Bonchev–Trinajstić information content (AvgIpc) is 2.36. The highest BCUT2D eigenvalue weighted by Crippen LogP contribution is 2.32. The van der Waals surface area contributed by atoms with Crippen LogP contribution in [-0.2, 0) is 10.2 Å². The summed E-state index contributed by atoms with van der Waals surface area (Å²) in [7, 11) is 1.59. The molecule has 0 aliphatic rings. The first-order valence-corrected chi connectivity index (χ1v) is 5.89. The highest BCUT2D eigenvalue weighted by molar-refractivity contribution is 5.81. The number of rotatable bonds is 5. The van der Waals surface area contributed by atoms with Gasteiger partial charge in [-0.3, -0.25) is 4.79 Å². The van der Waals surface area contributed by atoms with Gasteiger partial charge < -0.3 is 14.9 Å². The molecule has 100 valence electrons. The van der Waals surface area contributed by atoms with Crippen LogP contribution in [0, 0.1) is 0 Å². The van der Waals surface area contributed by atoms with Crippen molar-refractivity contribution in [3.05, 3.63) is 29.3 Å². The van der Waals surface area contributed by atoms with Crippen LogP contribution >= 0.6 is 0 Å². The Morgan fingerprint density at radius 1 is 1.44 bits per heavy atom.